The van der Waals surface area contributed by atoms with Crippen molar-refractivity contribution in [3.05, 3.63) is 35.9 Å². The minimum atomic E-state index is -0.486. The Kier molecular flexibility index (Phi) is 6.95. The SMILES string of the molecule is COC(=O)/C=C/[C@H](COC(C)=O)c1ccc(OC)cc1OC. The molecule has 1 aromatic rings. The van der Waals surface area contributed by atoms with Crippen molar-refractivity contribution in [3.63, 3.8) is 0 Å². The van der Waals surface area contributed by atoms with Gasteiger partial charge in [0.25, 0.3) is 0 Å². The molecule has 0 spiro atoms. The second kappa shape index (κ2) is 8.71. The average Bonchev–Trinajstić information content (AvgIpc) is 2.53. The molecular formula is C16H20O6. The Balaban J connectivity index is 3.10. The molecule has 22 heavy (non-hydrogen) atoms. The van der Waals surface area contributed by atoms with Gasteiger partial charge in [-0.15, -0.1) is 0 Å². The lowest BCUT2D eigenvalue weighted by molar-refractivity contribution is -0.141. The largest absolute Gasteiger partial charge is 0.497 e. The van der Waals surface area contributed by atoms with Crippen LogP contribution >= 0.6 is 0 Å². The molecule has 0 unspecified atom stereocenters. The van der Waals surface area contributed by atoms with Crippen molar-refractivity contribution in [1.29, 1.82) is 0 Å². The van der Waals surface area contributed by atoms with Gasteiger partial charge in [-0.3, -0.25) is 4.79 Å². The quantitative estimate of drug-likeness (QED) is 0.567. The van der Waals surface area contributed by atoms with Gasteiger partial charge >= 0.3 is 11.9 Å². The summed E-state index contributed by atoms with van der Waals surface area (Å²) in [5.41, 5.74) is 0.768. The van der Waals surface area contributed by atoms with Gasteiger partial charge in [0.1, 0.15) is 18.1 Å². The third-order valence-corrected chi connectivity index (χ3v) is 2.97. The van der Waals surface area contributed by atoms with Crippen LogP contribution in [-0.2, 0) is 19.1 Å². The molecule has 6 heteroatoms. The van der Waals surface area contributed by atoms with Gasteiger partial charge < -0.3 is 18.9 Å². The van der Waals surface area contributed by atoms with E-state index in [1.54, 1.807) is 31.4 Å². The van der Waals surface area contributed by atoms with Gasteiger partial charge in [-0.25, -0.2) is 4.79 Å². The van der Waals surface area contributed by atoms with Crippen molar-refractivity contribution >= 4 is 11.9 Å². The molecule has 6 nitrogen and oxygen atoms in total. The molecule has 0 saturated heterocycles. The van der Waals surface area contributed by atoms with Crippen molar-refractivity contribution in [2.24, 2.45) is 0 Å². The second-order valence-corrected chi connectivity index (χ2v) is 4.40. The van der Waals surface area contributed by atoms with Crippen LogP contribution in [0.25, 0.3) is 0 Å². The first-order valence-electron chi connectivity index (χ1n) is 6.63. The van der Waals surface area contributed by atoms with E-state index in [4.69, 9.17) is 14.2 Å². The Hall–Kier alpha value is -2.50. The van der Waals surface area contributed by atoms with Crippen molar-refractivity contribution < 1.29 is 28.5 Å². The van der Waals surface area contributed by atoms with Gasteiger partial charge in [0.2, 0.25) is 0 Å². The Morgan fingerprint density at radius 3 is 2.45 bits per heavy atom. The molecule has 0 N–H and O–H groups in total. The van der Waals surface area contributed by atoms with E-state index in [-0.39, 0.29) is 12.5 Å². The number of carbonyl (C=O) groups is 2. The summed E-state index contributed by atoms with van der Waals surface area (Å²) >= 11 is 0. The average molecular weight is 308 g/mol. The fraction of sp³-hybridized carbons (Fsp3) is 0.375. The molecule has 0 saturated carbocycles. The number of ether oxygens (including phenoxy) is 4. The van der Waals surface area contributed by atoms with Gasteiger partial charge in [0.05, 0.1) is 21.3 Å². The highest BCUT2D eigenvalue weighted by Gasteiger charge is 2.16. The lowest BCUT2D eigenvalue weighted by atomic mass is 9.98. The van der Waals surface area contributed by atoms with E-state index < -0.39 is 11.9 Å². The van der Waals surface area contributed by atoms with E-state index in [0.717, 1.165) is 5.56 Å². The van der Waals surface area contributed by atoms with Crippen LogP contribution in [0.4, 0.5) is 0 Å². The third kappa shape index (κ3) is 5.12. The van der Waals surface area contributed by atoms with Crippen molar-refractivity contribution in [3.8, 4) is 11.5 Å². The summed E-state index contributed by atoms with van der Waals surface area (Å²) in [6, 6.07) is 5.29. The Morgan fingerprint density at radius 1 is 1.18 bits per heavy atom. The van der Waals surface area contributed by atoms with Gasteiger partial charge in [-0.05, 0) is 6.07 Å². The Morgan fingerprint density at radius 2 is 1.91 bits per heavy atom. The summed E-state index contributed by atoms with van der Waals surface area (Å²) in [5, 5.41) is 0. The van der Waals surface area contributed by atoms with Gasteiger partial charge in [0, 0.05) is 30.5 Å². The smallest absolute Gasteiger partial charge is 0.330 e. The number of hydrogen-bond acceptors (Lipinski definition) is 6. The number of carbonyl (C=O) groups excluding carboxylic acids is 2. The molecule has 1 atom stereocenters. The summed E-state index contributed by atoms with van der Waals surface area (Å²) < 4.78 is 20.1. The fourth-order valence-corrected chi connectivity index (χ4v) is 1.84. The van der Waals surface area contributed by atoms with Crippen LogP contribution < -0.4 is 9.47 Å². The fourth-order valence-electron chi connectivity index (χ4n) is 1.84. The van der Waals surface area contributed by atoms with Crippen molar-refractivity contribution in [2.45, 2.75) is 12.8 Å². The molecule has 0 heterocycles. The number of hydrogen-bond donors (Lipinski definition) is 0. The lowest BCUT2D eigenvalue weighted by Gasteiger charge is -2.17. The first kappa shape index (κ1) is 17.6. The zero-order chi connectivity index (χ0) is 16.5. The molecule has 0 bridgehead atoms. The summed E-state index contributed by atoms with van der Waals surface area (Å²) in [5.74, 6) is -0.0112. The van der Waals surface area contributed by atoms with Crippen LogP contribution in [-0.4, -0.2) is 39.9 Å². The molecule has 0 amide bonds. The molecule has 0 aliphatic carbocycles. The zero-order valence-electron chi connectivity index (χ0n) is 13.1. The van der Waals surface area contributed by atoms with Gasteiger partial charge in [0.15, 0.2) is 0 Å². The molecule has 0 radical (unpaired) electrons. The number of benzene rings is 1. The lowest BCUT2D eigenvalue weighted by Crippen LogP contribution is -2.11. The maximum absolute atomic E-state index is 11.3. The van der Waals surface area contributed by atoms with E-state index >= 15 is 0 Å². The molecule has 120 valence electrons. The predicted octanol–water partition coefficient (Wildman–Crippen LogP) is 2.08. The van der Waals surface area contributed by atoms with Crippen LogP contribution in [0.15, 0.2) is 30.4 Å². The van der Waals surface area contributed by atoms with E-state index in [2.05, 4.69) is 4.74 Å². The van der Waals surface area contributed by atoms with Crippen LogP contribution in [0.5, 0.6) is 11.5 Å². The highest BCUT2D eigenvalue weighted by atomic mass is 16.5. The molecule has 1 aromatic carbocycles. The first-order chi connectivity index (χ1) is 10.5. The highest BCUT2D eigenvalue weighted by molar-refractivity contribution is 5.82. The Labute approximate surface area is 129 Å². The molecule has 0 aliphatic heterocycles. The standard InChI is InChI=1S/C16H20O6/c1-11(17)22-10-12(5-8-16(18)21-4)14-7-6-13(19-2)9-15(14)20-3/h5-9,12H,10H2,1-4H3/b8-5+/t12-/m1/s1. The number of rotatable bonds is 7. The van der Waals surface area contributed by atoms with Crippen molar-refractivity contribution in [2.75, 3.05) is 27.9 Å². The Bertz CT molecular complexity index is 550. The van der Waals surface area contributed by atoms with Gasteiger partial charge in [-0.2, -0.15) is 0 Å². The van der Waals surface area contributed by atoms with E-state index in [1.165, 1.54) is 27.2 Å². The third-order valence-electron chi connectivity index (χ3n) is 2.97. The maximum Gasteiger partial charge on any atom is 0.330 e. The molecule has 0 fully saturated rings. The summed E-state index contributed by atoms with van der Waals surface area (Å²) in [6.07, 6.45) is 2.90. The van der Waals surface area contributed by atoms with Crippen LogP contribution in [0, 0.1) is 0 Å². The second-order valence-electron chi connectivity index (χ2n) is 4.40. The maximum atomic E-state index is 11.3. The summed E-state index contributed by atoms with van der Waals surface area (Å²) in [6.45, 7) is 1.41. The molecule has 0 aromatic heterocycles. The number of methoxy groups -OCH3 is 3. The van der Waals surface area contributed by atoms with Crippen LogP contribution in [0.2, 0.25) is 0 Å². The van der Waals surface area contributed by atoms with E-state index in [1.807, 2.05) is 0 Å². The van der Waals surface area contributed by atoms with E-state index in [0.29, 0.717) is 11.5 Å². The highest BCUT2D eigenvalue weighted by Crippen LogP contribution is 2.31. The summed E-state index contributed by atoms with van der Waals surface area (Å²) in [7, 11) is 4.38. The topological polar surface area (TPSA) is 71.1 Å². The van der Waals surface area contributed by atoms with Crippen LogP contribution in [0.3, 0.4) is 0 Å². The van der Waals surface area contributed by atoms with E-state index in [9.17, 15) is 9.59 Å². The monoisotopic (exact) mass is 308 g/mol. The molecular weight excluding hydrogens is 288 g/mol. The molecule has 0 aliphatic rings. The number of esters is 2. The minimum absolute atomic E-state index is 0.0888. The first-order valence-corrected chi connectivity index (χ1v) is 6.63. The normalized spacial score (nSPS) is 11.8. The zero-order valence-corrected chi connectivity index (χ0v) is 13.1. The van der Waals surface area contributed by atoms with Crippen molar-refractivity contribution in [1.82, 2.24) is 0 Å². The summed E-state index contributed by atoms with van der Waals surface area (Å²) in [4.78, 5) is 22.3. The van der Waals surface area contributed by atoms with Gasteiger partial charge in [-0.1, -0.05) is 12.1 Å². The molecule has 1 rings (SSSR count). The minimum Gasteiger partial charge on any atom is -0.497 e. The predicted molar refractivity (Wildman–Crippen MR) is 80.1 cm³/mol. The van der Waals surface area contributed by atoms with Crippen LogP contribution in [0.1, 0.15) is 18.4 Å².